The van der Waals surface area contributed by atoms with E-state index in [1.165, 1.54) is 28.4 Å². The minimum Gasteiger partial charge on any atom is -0.491 e. The van der Waals surface area contributed by atoms with E-state index in [0.29, 0.717) is 96.4 Å². The lowest BCUT2D eigenvalue weighted by Gasteiger charge is -2.69. The summed E-state index contributed by atoms with van der Waals surface area (Å²) in [6.45, 7) is 12.5. The van der Waals surface area contributed by atoms with Crippen LogP contribution in [0, 0.1) is 29.1 Å². The Bertz CT molecular complexity index is 4490. The average Bonchev–Trinajstić information content (AvgIpc) is 0.761. The summed E-state index contributed by atoms with van der Waals surface area (Å²) in [5.74, 6) is -4.29. The van der Waals surface area contributed by atoms with Gasteiger partial charge < -0.3 is 56.5 Å². The number of pyridine rings is 1. The number of amides is 9. The first-order valence-corrected chi connectivity index (χ1v) is 39.0. The number of carboxylic acids is 1. The van der Waals surface area contributed by atoms with E-state index >= 15 is 0 Å². The standard InChI is InChI=1S/C76H96N14O16S2/c1-47(2)64(84-61(91)16-8-7-11-30-88-62(92)25-26-63(88)93)68(96)90(57(66(77)94)14-12-28-79-70(78)99)50-19-17-49(18-20-50)39-105-72(100)80-29-34-104-58-23-21-53(67(95)85-71-82-56-13-9-10-15-59(56)107-71)55-38-87(31-27-51(55)58)60-24-22-52(65(83-60)69(97)98)54-37-81-89(48(54)3)46-75-41-73(4)40-74(5,42-75)44-76(43-73,45-75)106-35-32-86(6)33-36-108(101,102)103/h9-10,13,15,17-26,37,47,57,64H,7-8,11-12,14,16,27-36,38-46H2,1-6H3,(H2,77,94)(H,80,100)(H,84,91)(H,97,98)(H3,78,79,99)(H,82,85,95)(H,101,102,103)/t57-,64-,73?,74?,75?,76?/m0/s1. The van der Waals surface area contributed by atoms with Crippen LogP contribution in [0.1, 0.15) is 148 Å². The fraction of sp³-hybridized carbons (Fsp3) is 0.500. The highest BCUT2D eigenvalue weighted by Gasteiger charge is 2.66. The van der Waals surface area contributed by atoms with Gasteiger partial charge in [-0.1, -0.05) is 69.7 Å². The number of anilines is 3. The van der Waals surface area contributed by atoms with Gasteiger partial charge in [-0.2, -0.15) is 13.5 Å². The van der Waals surface area contributed by atoms with Crippen molar-refractivity contribution in [3.8, 4) is 16.9 Å². The van der Waals surface area contributed by atoms with Gasteiger partial charge in [0.2, 0.25) is 11.8 Å². The van der Waals surface area contributed by atoms with Crippen molar-refractivity contribution in [1.29, 1.82) is 0 Å². The van der Waals surface area contributed by atoms with Crippen molar-refractivity contribution in [2.75, 3.05) is 80.4 Å². The van der Waals surface area contributed by atoms with Crippen LogP contribution in [0.15, 0.2) is 91.1 Å². The number of nitrogens with one attached hydrogen (secondary N) is 4. The molecule has 4 bridgehead atoms. The van der Waals surface area contributed by atoms with Crippen LogP contribution >= 0.6 is 11.3 Å². The van der Waals surface area contributed by atoms with E-state index in [4.69, 9.17) is 35.8 Å². The van der Waals surface area contributed by atoms with Crippen LogP contribution in [0.2, 0.25) is 0 Å². The number of carbonyl (C=O) groups is 9. The van der Waals surface area contributed by atoms with Gasteiger partial charge >= 0.3 is 18.1 Å². The Balaban J connectivity index is 0.740. The maximum atomic E-state index is 14.7. The Hall–Kier alpha value is -9.89. The molecule has 5 heterocycles. The monoisotopic (exact) mass is 1520 g/mol. The van der Waals surface area contributed by atoms with Gasteiger partial charge in [-0.05, 0) is 166 Å². The van der Waals surface area contributed by atoms with E-state index in [2.05, 4.69) is 40.1 Å². The van der Waals surface area contributed by atoms with E-state index < -0.39 is 69.8 Å². The second-order valence-electron chi connectivity index (χ2n) is 30.5. The average molecular weight is 1530 g/mol. The summed E-state index contributed by atoms with van der Waals surface area (Å²) in [5.41, 5.74) is 15.6. The van der Waals surface area contributed by atoms with Crippen molar-refractivity contribution in [3.05, 3.63) is 125 Å². The van der Waals surface area contributed by atoms with Gasteiger partial charge in [0, 0.05) is 98.0 Å². The molecule has 9 amide bonds. The first kappa shape index (κ1) is 79.2. The minimum absolute atomic E-state index is 0.00121. The summed E-state index contributed by atoms with van der Waals surface area (Å²) in [7, 11) is -2.28. The number of alkyl carbamates (subject to hydrolysis) is 1. The number of aromatic nitrogens is 4. The van der Waals surface area contributed by atoms with E-state index in [9.17, 15) is 61.2 Å². The maximum Gasteiger partial charge on any atom is 0.407 e. The van der Waals surface area contributed by atoms with Crippen LogP contribution in [-0.4, -0.2) is 184 Å². The van der Waals surface area contributed by atoms with E-state index in [1.54, 1.807) is 68.6 Å². The Kier molecular flexibility index (Phi) is 24.4. The predicted octanol–water partition coefficient (Wildman–Crippen LogP) is 7.90. The number of fused-ring (bicyclic) bond motifs is 2. The zero-order valence-corrected chi connectivity index (χ0v) is 63.4. The molecule has 4 aliphatic carbocycles. The number of ether oxygens (including phenoxy) is 3. The lowest BCUT2D eigenvalue weighted by atomic mass is 9.39. The molecule has 4 atom stereocenters. The maximum absolute atomic E-state index is 14.7. The SMILES string of the molecule is Cc1c(-c2ccc(N3CCc4c(OCCNC(=O)OCc5ccc(N(C(=O)[C@@H](NC(=O)CCCCCN6C(=O)C=CC6=O)C(C)C)[C@@H](CCCNC(N)=O)C(N)=O)cc5)ccc(C(=O)Nc5nc6ccccc6s5)c4C3)nc2C(=O)O)cnn1CC12CC3(C)CC(C)(C1)CC(OCCN(C)CCS(=O)(=O)O)(C3)C2. The number of nitrogens with zero attached hydrogens (tertiary/aromatic N) is 8. The van der Waals surface area contributed by atoms with E-state index in [1.807, 2.05) is 52.7 Å². The molecule has 12 rings (SSSR count). The Morgan fingerprint density at radius 3 is 2.22 bits per heavy atom. The number of hydrogen-bond donors (Lipinski definition) is 8. The summed E-state index contributed by atoms with van der Waals surface area (Å²) < 4.78 is 53.9. The third-order valence-corrected chi connectivity index (χ3v) is 22.8. The molecule has 108 heavy (non-hydrogen) atoms. The highest BCUT2D eigenvalue weighted by molar-refractivity contribution is 7.85. The van der Waals surface area contributed by atoms with Gasteiger partial charge in [0.05, 0.1) is 40.9 Å². The molecular formula is C76H96N14O16S2. The zero-order valence-electron chi connectivity index (χ0n) is 61.7. The zero-order chi connectivity index (χ0) is 77.5. The molecule has 6 aromatic rings. The Morgan fingerprint density at radius 2 is 1.54 bits per heavy atom. The molecule has 4 fully saturated rings. The highest BCUT2D eigenvalue weighted by Crippen LogP contribution is 2.72. The smallest absolute Gasteiger partial charge is 0.407 e. The number of carbonyl (C=O) groups excluding carboxylic acids is 8. The number of nitrogens with two attached hydrogens (primary N) is 2. The number of thiazole rings is 1. The number of hydrogen-bond acceptors (Lipinski definition) is 20. The van der Waals surface area contributed by atoms with Crippen LogP contribution < -0.4 is 47.3 Å². The number of imide groups is 1. The topological polar surface area (TPSA) is 413 Å². The number of urea groups is 1. The van der Waals surface area contributed by atoms with Crippen LogP contribution in [0.25, 0.3) is 21.3 Å². The van der Waals surface area contributed by atoms with Crippen LogP contribution in [0.4, 0.5) is 26.2 Å². The molecular weight excluding hydrogens is 1430 g/mol. The molecule has 0 spiro atoms. The summed E-state index contributed by atoms with van der Waals surface area (Å²) in [6, 6.07) is 17.7. The van der Waals surface area contributed by atoms with Gasteiger partial charge in [-0.3, -0.25) is 53.1 Å². The highest BCUT2D eigenvalue weighted by atomic mass is 32.2. The van der Waals surface area contributed by atoms with Gasteiger partial charge in [0.1, 0.15) is 36.9 Å². The molecule has 4 saturated carbocycles. The summed E-state index contributed by atoms with van der Waals surface area (Å²) in [4.78, 5) is 133. The molecule has 30 nitrogen and oxygen atoms in total. The molecule has 3 aromatic heterocycles. The van der Waals surface area contributed by atoms with E-state index in [0.717, 1.165) is 64.9 Å². The lowest BCUT2D eigenvalue weighted by molar-refractivity contribution is -0.248. The molecule has 2 aliphatic heterocycles. The second kappa shape index (κ2) is 33.3. The normalized spacial score (nSPS) is 20.6. The number of likely N-dealkylation sites (N-methyl/N-ethyl adjacent to an activating group) is 1. The van der Waals surface area contributed by atoms with E-state index in [-0.39, 0.29) is 116 Å². The van der Waals surface area contributed by atoms with Crippen molar-refractivity contribution in [1.82, 2.24) is 45.5 Å². The summed E-state index contributed by atoms with van der Waals surface area (Å²) in [5, 5.41) is 27.2. The number of rotatable bonds is 36. The third-order valence-electron chi connectivity index (χ3n) is 21.2. The fourth-order valence-electron chi connectivity index (χ4n) is 17.3. The Morgan fingerprint density at radius 1 is 0.806 bits per heavy atom. The fourth-order valence-corrected chi connectivity index (χ4v) is 18.8. The number of aromatic carboxylic acids is 1. The summed E-state index contributed by atoms with van der Waals surface area (Å²) >= 11 is 1.33. The third kappa shape index (κ3) is 19.1. The molecule has 6 aliphatic rings. The molecule has 3 aromatic carbocycles. The first-order valence-electron chi connectivity index (χ1n) is 36.5. The summed E-state index contributed by atoms with van der Waals surface area (Å²) in [6.07, 6.45) is 11.1. The number of primary amides is 2. The molecule has 10 N–H and O–H groups in total. The quantitative estimate of drug-likeness (QED) is 0.0105. The Labute approximate surface area is 630 Å². The number of carboxylic acid groups (broad SMARTS) is 1. The van der Waals surface area contributed by atoms with Crippen molar-refractivity contribution in [2.24, 2.45) is 33.6 Å². The largest absolute Gasteiger partial charge is 0.491 e. The van der Waals surface area contributed by atoms with Crippen molar-refractivity contribution in [3.63, 3.8) is 0 Å². The van der Waals surface area contributed by atoms with Gasteiger partial charge in [0.25, 0.3) is 33.7 Å². The van der Waals surface area contributed by atoms with Gasteiger partial charge in [-0.25, -0.2) is 24.4 Å². The van der Waals surface area contributed by atoms with Gasteiger partial charge in [-0.15, -0.1) is 0 Å². The number of unbranched alkanes of at least 4 members (excludes halogenated alkanes) is 2. The van der Waals surface area contributed by atoms with Crippen LogP contribution in [0.3, 0.4) is 0 Å². The first-order chi connectivity index (χ1) is 51.3. The minimum atomic E-state index is -4.09. The van der Waals surface area contributed by atoms with Crippen molar-refractivity contribution in [2.45, 2.75) is 155 Å². The molecule has 578 valence electrons. The van der Waals surface area contributed by atoms with Crippen LogP contribution in [-0.2, 0) is 69.7 Å². The molecule has 2 unspecified atom stereocenters. The molecule has 0 radical (unpaired) electrons. The second-order valence-corrected chi connectivity index (χ2v) is 33.1. The molecule has 32 heteroatoms. The van der Waals surface area contributed by atoms with Crippen LogP contribution in [0.5, 0.6) is 5.75 Å². The molecule has 0 saturated heterocycles. The lowest BCUT2D eigenvalue weighted by Crippen LogP contribution is -2.64. The van der Waals surface area contributed by atoms with Crippen molar-refractivity contribution < 1.29 is 75.4 Å². The number of benzene rings is 3. The predicted molar refractivity (Wildman–Crippen MR) is 403 cm³/mol. The van der Waals surface area contributed by atoms with Crippen molar-refractivity contribution >= 4 is 102 Å². The number of para-hydroxylation sites is 1. The van der Waals surface area contributed by atoms with Gasteiger partial charge in [0.15, 0.2) is 10.8 Å².